The fourth-order valence-corrected chi connectivity index (χ4v) is 3.23. The molecule has 0 saturated heterocycles. The molecule has 4 nitrogen and oxygen atoms in total. The summed E-state index contributed by atoms with van der Waals surface area (Å²) in [4.78, 5) is 0. The second-order valence-electron chi connectivity index (χ2n) is 5.51. The fourth-order valence-electron chi connectivity index (χ4n) is 3.23. The Kier molecular flexibility index (Phi) is 2.30. The molecule has 2 aliphatic rings. The van der Waals surface area contributed by atoms with Crippen LogP contribution in [0.4, 0.5) is 5.69 Å². The Morgan fingerprint density at radius 3 is 2.86 bits per heavy atom. The zero-order valence-electron chi connectivity index (χ0n) is 11.8. The van der Waals surface area contributed by atoms with Gasteiger partial charge in [0.05, 0.1) is 17.4 Å². The van der Waals surface area contributed by atoms with Crippen molar-refractivity contribution in [2.45, 2.75) is 6.04 Å². The van der Waals surface area contributed by atoms with Gasteiger partial charge in [-0.1, -0.05) is 18.2 Å². The molecule has 5 rings (SSSR count). The third-order valence-corrected chi connectivity index (χ3v) is 4.27. The van der Waals surface area contributed by atoms with Crippen molar-refractivity contribution in [2.24, 2.45) is 0 Å². The highest BCUT2D eigenvalue weighted by Crippen LogP contribution is 2.40. The number of para-hydroxylation sites is 2. The second kappa shape index (κ2) is 4.31. The van der Waals surface area contributed by atoms with Crippen molar-refractivity contribution in [1.82, 2.24) is 4.57 Å². The summed E-state index contributed by atoms with van der Waals surface area (Å²) in [6.45, 7) is 0.302. The highest BCUT2D eigenvalue weighted by molar-refractivity contribution is 5.67. The van der Waals surface area contributed by atoms with Crippen molar-refractivity contribution >= 4 is 5.69 Å². The van der Waals surface area contributed by atoms with Crippen LogP contribution >= 0.6 is 0 Å². The van der Waals surface area contributed by atoms with E-state index in [1.54, 1.807) is 0 Å². The van der Waals surface area contributed by atoms with E-state index in [1.165, 1.54) is 16.9 Å². The van der Waals surface area contributed by atoms with Crippen LogP contribution in [0.25, 0.3) is 5.69 Å². The smallest absolute Gasteiger partial charge is 0.231 e. The Hall–Kier alpha value is -2.88. The normalized spacial score (nSPS) is 17.5. The zero-order chi connectivity index (χ0) is 14.5. The van der Waals surface area contributed by atoms with Crippen molar-refractivity contribution in [2.75, 3.05) is 12.1 Å². The van der Waals surface area contributed by atoms with Crippen molar-refractivity contribution in [1.29, 1.82) is 0 Å². The Labute approximate surface area is 127 Å². The molecule has 0 bridgehead atoms. The molecule has 3 aromatic rings. The molecule has 0 spiro atoms. The average molecular weight is 290 g/mol. The second-order valence-corrected chi connectivity index (χ2v) is 5.51. The lowest BCUT2D eigenvalue weighted by Crippen LogP contribution is -2.21. The predicted octanol–water partition coefficient (Wildman–Crippen LogP) is 3.72. The number of ether oxygens (including phenoxy) is 2. The van der Waals surface area contributed by atoms with Crippen molar-refractivity contribution < 1.29 is 9.47 Å². The fraction of sp³-hybridized carbons (Fsp3) is 0.111. The van der Waals surface area contributed by atoms with Gasteiger partial charge in [0, 0.05) is 11.9 Å². The minimum atomic E-state index is 0.0967. The lowest BCUT2D eigenvalue weighted by Gasteiger charge is -2.29. The Morgan fingerprint density at radius 2 is 1.86 bits per heavy atom. The van der Waals surface area contributed by atoms with Crippen LogP contribution in [0.5, 0.6) is 11.5 Å². The summed E-state index contributed by atoms with van der Waals surface area (Å²) >= 11 is 0. The number of rotatable bonds is 1. The molecule has 22 heavy (non-hydrogen) atoms. The molecule has 0 aliphatic carbocycles. The Bertz CT molecular complexity index is 869. The molecule has 0 unspecified atom stereocenters. The number of aromatic nitrogens is 1. The molecule has 2 aliphatic heterocycles. The number of hydrogen-bond acceptors (Lipinski definition) is 3. The van der Waals surface area contributed by atoms with E-state index in [4.69, 9.17) is 9.47 Å². The molecular formula is C18H14N2O2. The predicted molar refractivity (Wildman–Crippen MR) is 83.8 cm³/mol. The van der Waals surface area contributed by atoms with E-state index in [-0.39, 0.29) is 6.04 Å². The van der Waals surface area contributed by atoms with E-state index in [1.807, 2.05) is 6.07 Å². The van der Waals surface area contributed by atoms with Crippen LogP contribution in [0.15, 0.2) is 60.8 Å². The van der Waals surface area contributed by atoms with Gasteiger partial charge in [0.15, 0.2) is 11.5 Å². The maximum Gasteiger partial charge on any atom is 0.231 e. The lowest BCUT2D eigenvalue weighted by molar-refractivity contribution is 0.174. The minimum Gasteiger partial charge on any atom is -0.454 e. The number of nitrogens with zero attached hydrogens (tertiary/aromatic N) is 1. The van der Waals surface area contributed by atoms with E-state index in [9.17, 15) is 0 Å². The quantitative estimate of drug-likeness (QED) is 0.742. The van der Waals surface area contributed by atoms with Crippen LogP contribution in [0.2, 0.25) is 0 Å². The first kappa shape index (κ1) is 11.7. The SMILES string of the molecule is c1ccc2c(c1)N[C@H](c1ccc3c(c1)OCO3)c1cccn1-2. The summed E-state index contributed by atoms with van der Waals surface area (Å²) < 4.78 is 13.2. The van der Waals surface area contributed by atoms with E-state index in [0.29, 0.717) is 6.79 Å². The molecule has 2 aromatic carbocycles. The largest absolute Gasteiger partial charge is 0.454 e. The first-order valence-electron chi connectivity index (χ1n) is 7.33. The van der Waals surface area contributed by atoms with E-state index in [2.05, 4.69) is 64.6 Å². The van der Waals surface area contributed by atoms with Gasteiger partial charge in [0.2, 0.25) is 6.79 Å². The maximum atomic E-state index is 5.51. The third-order valence-electron chi connectivity index (χ3n) is 4.27. The van der Waals surface area contributed by atoms with Gasteiger partial charge in [-0.2, -0.15) is 0 Å². The van der Waals surface area contributed by atoms with E-state index in [0.717, 1.165) is 17.2 Å². The number of anilines is 1. The molecular weight excluding hydrogens is 276 g/mol. The summed E-state index contributed by atoms with van der Waals surface area (Å²) in [5, 5.41) is 3.63. The third kappa shape index (κ3) is 1.58. The summed E-state index contributed by atoms with van der Waals surface area (Å²) in [5.74, 6) is 1.63. The lowest BCUT2D eigenvalue weighted by atomic mass is 10.00. The van der Waals surface area contributed by atoms with Gasteiger partial charge < -0.3 is 19.4 Å². The van der Waals surface area contributed by atoms with Crippen LogP contribution in [0.3, 0.4) is 0 Å². The van der Waals surface area contributed by atoms with Gasteiger partial charge in [0.25, 0.3) is 0 Å². The zero-order valence-corrected chi connectivity index (χ0v) is 11.8. The van der Waals surface area contributed by atoms with Crippen LogP contribution in [0, 0.1) is 0 Å². The molecule has 4 heteroatoms. The molecule has 0 fully saturated rings. The van der Waals surface area contributed by atoms with Crippen molar-refractivity contribution in [3.05, 3.63) is 72.1 Å². The highest BCUT2D eigenvalue weighted by Gasteiger charge is 2.26. The van der Waals surface area contributed by atoms with Crippen LogP contribution < -0.4 is 14.8 Å². The van der Waals surface area contributed by atoms with Crippen molar-refractivity contribution in [3.63, 3.8) is 0 Å². The van der Waals surface area contributed by atoms with Gasteiger partial charge in [-0.05, 0) is 42.0 Å². The Balaban J connectivity index is 1.65. The summed E-state index contributed by atoms with van der Waals surface area (Å²) in [6, 6.07) is 18.8. The maximum absolute atomic E-state index is 5.51. The van der Waals surface area contributed by atoms with E-state index < -0.39 is 0 Å². The van der Waals surface area contributed by atoms with Gasteiger partial charge in [-0.15, -0.1) is 0 Å². The van der Waals surface area contributed by atoms with Crippen LogP contribution in [0.1, 0.15) is 17.3 Å². The van der Waals surface area contributed by atoms with Crippen LogP contribution in [-0.4, -0.2) is 11.4 Å². The van der Waals surface area contributed by atoms with Gasteiger partial charge in [0.1, 0.15) is 0 Å². The Morgan fingerprint density at radius 1 is 0.955 bits per heavy atom. The van der Waals surface area contributed by atoms with Gasteiger partial charge >= 0.3 is 0 Å². The van der Waals surface area contributed by atoms with E-state index >= 15 is 0 Å². The highest BCUT2D eigenvalue weighted by atomic mass is 16.7. The van der Waals surface area contributed by atoms with Crippen molar-refractivity contribution in [3.8, 4) is 17.2 Å². The molecule has 1 N–H and O–H groups in total. The molecule has 3 heterocycles. The average Bonchev–Trinajstić information content (AvgIpc) is 3.22. The number of hydrogen-bond donors (Lipinski definition) is 1. The molecule has 108 valence electrons. The molecule has 0 radical (unpaired) electrons. The summed E-state index contributed by atoms with van der Waals surface area (Å²) in [6.07, 6.45) is 2.11. The number of nitrogens with one attached hydrogen (secondary N) is 1. The number of benzene rings is 2. The van der Waals surface area contributed by atoms with Crippen LogP contribution in [-0.2, 0) is 0 Å². The summed E-state index contributed by atoms with van der Waals surface area (Å²) in [7, 11) is 0. The molecule has 1 aromatic heterocycles. The molecule has 0 amide bonds. The minimum absolute atomic E-state index is 0.0967. The topological polar surface area (TPSA) is 35.4 Å². The monoisotopic (exact) mass is 290 g/mol. The van der Waals surface area contributed by atoms with Gasteiger partial charge in [-0.3, -0.25) is 0 Å². The van der Waals surface area contributed by atoms with Gasteiger partial charge in [-0.25, -0.2) is 0 Å². The first-order valence-corrected chi connectivity index (χ1v) is 7.33. The summed E-state index contributed by atoms with van der Waals surface area (Å²) in [5.41, 5.74) is 4.70. The number of fused-ring (bicyclic) bond motifs is 4. The molecule has 1 atom stereocenters. The standard InChI is InChI=1S/C18H14N2O2/c1-2-5-14-13(4-1)19-18(15-6-3-9-20(14)15)12-7-8-16-17(10-12)22-11-21-16/h1-10,18-19H,11H2/t18-/m1/s1. The first-order chi connectivity index (χ1) is 10.9. The molecule has 0 saturated carbocycles.